The smallest absolute Gasteiger partial charge is 0.294 e. The number of rotatable bonds is 6. The summed E-state index contributed by atoms with van der Waals surface area (Å²) in [6.07, 6.45) is -1.02. The van der Waals surface area contributed by atoms with Gasteiger partial charge in [-0.05, 0) is 12.1 Å². The SMILES string of the molecule is O=[N+]([O-])OCC(O)COc1ccccc1. The maximum absolute atomic E-state index is 9.81. The Morgan fingerprint density at radius 3 is 2.60 bits per heavy atom. The van der Waals surface area contributed by atoms with Crippen LogP contribution in [0.2, 0.25) is 0 Å². The molecule has 0 saturated carbocycles. The fraction of sp³-hybridized carbons (Fsp3) is 0.333. The summed E-state index contributed by atoms with van der Waals surface area (Å²) in [5, 5.41) is 18.1. The van der Waals surface area contributed by atoms with Gasteiger partial charge in [-0.2, -0.15) is 0 Å². The van der Waals surface area contributed by atoms with Crippen LogP contribution in [0.5, 0.6) is 5.75 Å². The number of ether oxygens (including phenoxy) is 1. The molecule has 82 valence electrons. The van der Waals surface area contributed by atoms with Gasteiger partial charge in [0, 0.05) is 0 Å². The van der Waals surface area contributed by atoms with Crippen molar-refractivity contribution in [1.82, 2.24) is 0 Å². The van der Waals surface area contributed by atoms with Crippen molar-refractivity contribution in [3.8, 4) is 5.75 Å². The summed E-state index contributed by atoms with van der Waals surface area (Å²) in [7, 11) is 0. The normalized spacial score (nSPS) is 11.8. The molecule has 1 rings (SSSR count). The van der Waals surface area contributed by atoms with Gasteiger partial charge in [-0.3, -0.25) is 0 Å². The summed E-state index contributed by atoms with van der Waals surface area (Å²) in [6.45, 7) is -0.433. The molecule has 0 radical (unpaired) electrons. The van der Waals surface area contributed by atoms with Gasteiger partial charge < -0.3 is 14.7 Å². The highest BCUT2D eigenvalue weighted by Gasteiger charge is 2.07. The molecule has 0 heterocycles. The van der Waals surface area contributed by atoms with Crippen molar-refractivity contribution < 1.29 is 19.8 Å². The first-order chi connectivity index (χ1) is 7.18. The number of aliphatic hydroxyl groups excluding tert-OH is 1. The second-order valence-corrected chi connectivity index (χ2v) is 2.80. The molecule has 15 heavy (non-hydrogen) atoms. The van der Waals surface area contributed by atoms with E-state index in [0.29, 0.717) is 5.75 Å². The molecule has 1 N–H and O–H groups in total. The van der Waals surface area contributed by atoms with Crippen LogP contribution in [0.15, 0.2) is 30.3 Å². The molecule has 6 nitrogen and oxygen atoms in total. The average molecular weight is 213 g/mol. The third-order valence-corrected chi connectivity index (χ3v) is 1.56. The van der Waals surface area contributed by atoms with E-state index in [2.05, 4.69) is 4.84 Å². The second-order valence-electron chi connectivity index (χ2n) is 2.80. The molecule has 0 aliphatic carbocycles. The van der Waals surface area contributed by atoms with Crippen molar-refractivity contribution in [3.05, 3.63) is 40.4 Å². The number of nitrogens with zero attached hydrogens (tertiary/aromatic N) is 1. The van der Waals surface area contributed by atoms with Gasteiger partial charge in [-0.25, -0.2) is 0 Å². The lowest BCUT2D eigenvalue weighted by atomic mass is 10.3. The molecule has 0 aliphatic rings. The second kappa shape index (κ2) is 5.82. The molecular formula is C9H11NO5. The molecule has 1 atom stereocenters. The molecule has 0 saturated heterocycles. The highest BCUT2D eigenvalue weighted by molar-refractivity contribution is 5.20. The van der Waals surface area contributed by atoms with E-state index in [1.807, 2.05) is 6.07 Å². The highest BCUT2D eigenvalue weighted by Crippen LogP contribution is 2.08. The van der Waals surface area contributed by atoms with Crippen molar-refractivity contribution in [3.63, 3.8) is 0 Å². The van der Waals surface area contributed by atoms with Crippen LogP contribution in [0.4, 0.5) is 0 Å². The molecule has 0 bridgehead atoms. The fourth-order valence-corrected chi connectivity index (χ4v) is 0.904. The maximum atomic E-state index is 9.81. The summed E-state index contributed by atoms with van der Waals surface area (Å²) < 4.78 is 5.15. The molecule has 1 unspecified atom stereocenters. The summed E-state index contributed by atoms with van der Waals surface area (Å²) in [6, 6.07) is 8.85. The molecule has 0 spiro atoms. The van der Waals surface area contributed by atoms with Crippen LogP contribution in [0, 0.1) is 10.1 Å². The largest absolute Gasteiger partial charge is 0.491 e. The monoisotopic (exact) mass is 213 g/mol. The average Bonchev–Trinajstić information content (AvgIpc) is 2.25. The van der Waals surface area contributed by atoms with E-state index in [-0.39, 0.29) is 13.2 Å². The van der Waals surface area contributed by atoms with Gasteiger partial charge in [-0.15, -0.1) is 10.1 Å². The lowest BCUT2D eigenvalue weighted by molar-refractivity contribution is -0.759. The Bertz CT molecular complexity index is 303. The Labute approximate surface area is 86.2 Å². The first kappa shape index (κ1) is 11.3. The minimum atomic E-state index is -1.02. The zero-order chi connectivity index (χ0) is 11.1. The zero-order valence-corrected chi connectivity index (χ0v) is 7.91. The number of para-hydroxylation sites is 1. The predicted molar refractivity (Wildman–Crippen MR) is 50.9 cm³/mol. The Morgan fingerprint density at radius 2 is 2.00 bits per heavy atom. The van der Waals surface area contributed by atoms with Gasteiger partial charge in [0.2, 0.25) is 0 Å². The summed E-state index contributed by atoms with van der Waals surface area (Å²) >= 11 is 0. The Balaban J connectivity index is 2.22. The summed E-state index contributed by atoms with van der Waals surface area (Å²) in [4.78, 5) is 13.8. The lowest BCUT2D eigenvalue weighted by Gasteiger charge is -2.10. The molecule has 1 aromatic rings. The minimum Gasteiger partial charge on any atom is -0.491 e. The molecule has 0 aromatic heterocycles. The predicted octanol–water partition coefficient (Wildman–Crippen LogP) is 0.635. The first-order valence-corrected chi connectivity index (χ1v) is 4.31. The topological polar surface area (TPSA) is 81.8 Å². The van der Waals surface area contributed by atoms with Crippen molar-refractivity contribution in [1.29, 1.82) is 0 Å². The molecule has 1 aromatic carbocycles. The van der Waals surface area contributed by atoms with E-state index in [1.165, 1.54) is 0 Å². The van der Waals surface area contributed by atoms with Gasteiger partial charge in [0.1, 0.15) is 25.1 Å². The number of benzene rings is 1. The Kier molecular flexibility index (Phi) is 4.36. The van der Waals surface area contributed by atoms with E-state index in [0.717, 1.165) is 0 Å². The number of hydrogen-bond donors (Lipinski definition) is 1. The van der Waals surface area contributed by atoms with Crippen molar-refractivity contribution >= 4 is 0 Å². The van der Waals surface area contributed by atoms with Gasteiger partial charge in [0.05, 0.1) is 0 Å². The summed E-state index contributed by atoms with van der Waals surface area (Å²) in [5.41, 5.74) is 0. The number of hydrogen-bond acceptors (Lipinski definition) is 5. The third-order valence-electron chi connectivity index (χ3n) is 1.56. The molecule has 0 fully saturated rings. The van der Waals surface area contributed by atoms with Crippen LogP contribution in [0.1, 0.15) is 0 Å². The number of aliphatic hydroxyl groups is 1. The molecular weight excluding hydrogens is 202 g/mol. The van der Waals surface area contributed by atoms with Gasteiger partial charge in [-0.1, -0.05) is 18.2 Å². The quantitative estimate of drug-likeness (QED) is 0.553. The lowest BCUT2D eigenvalue weighted by Crippen LogP contribution is -2.24. The Morgan fingerprint density at radius 1 is 1.33 bits per heavy atom. The molecule has 0 aliphatic heterocycles. The van der Waals surface area contributed by atoms with Gasteiger partial charge >= 0.3 is 0 Å². The molecule has 0 amide bonds. The minimum absolute atomic E-state index is 0.0438. The van der Waals surface area contributed by atoms with E-state index in [9.17, 15) is 15.2 Å². The van der Waals surface area contributed by atoms with E-state index in [1.54, 1.807) is 24.3 Å². The highest BCUT2D eigenvalue weighted by atomic mass is 17.0. The summed E-state index contributed by atoms with van der Waals surface area (Å²) in [5.74, 6) is 0.595. The van der Waals surface area contributed by atoms with Gasteiger partial charge in [0.15, 0.2) is 0 Å². The van der Waals surface area contributed by atoms with Gasteiger partial charge in [0.25, 0.3) is 5.09 Å². The Hall–Kier alpha value is -1.82. The van der Waals surface area contributed by atoms with Crippen LogP contribution < -0.4 is 4.74 Å². The van der Waals surface area contributed by atoms with Crippen LogP contribution in [-0.4, -0.2) is 29.5 Å². The zero-order valence-electron chi connectivity index (χ0n) is 7.91. The van der Waals surface area contributed by atoms with E-state index >= 15 is 0 Å². The van der Waals surface area contributed by atoms with E-state index < -0.39 is 11.2 Å². The fourth-order valence-electron chi connectivity index (χ4n) is 0.904. The third kappa shape index (κ3) is 4.82. The van der Waals surface area contributed by atoms with Crippen molar-refractivity contribution in [2.45, 2.75) is 6.10 Å². The van der Waals surface area contributed by atoms with Crippen molar-refractivity contribution in [2.24, 2.45) is 0 Å². The maximum Gasteiger partial charge on any atom is 0.294 e. The van der Waals surface area contributed by atoms with Crippen LogP contribution in [0.25, 0.3) is 0 Å². The van der Waals surface area contributed by atoms with Crippen LogP contribution >= 0.6 is 0 Å². The first-order valence-electron chi connectivity index (χ1n) is 4.31. The van der Waals surface area contributed by atoms with Crippen molar-refractivity contribution in [2.75, 3.05) is 13.2 Å². The molecule has 6 heteroatoms. The van der Waals surface area contributed by atoms with Crippen LogP contribution in [-0.2, 0) is 4.84 Å². The van der Waals surface area contributed by atoms with E-state index in [4.69, 9.17) is 4.74 Å². The van der Waals surface area contributed by atoms with Crippen LogP contribution in [0.3, 0.4) is 0 Å². The standard InChI is InChI=1S/C9H11NO5/c11-8(7-15-10(12)13)6-14-9-4-2-1-3-5-9/h1-5,8,11H,6-7H2.